The van der Waals surface area contributed by atoms with Crippen molar-refractivity contribution in [2.75, 3.05) is 18.5 Å². The minimum Gasteiger partial charge on any atom is -0.374 e. The minimum absolute atomic E-state index is 0. The van der Waals surface area contributed by atoms with Crippen LogP contribution in [0.5, 0.6) is 0 Å². The number of nitrogens with one attached hydrogen (secondary N) is 1. The fraction of sp³-hybridized carbons (Fsp3) is 0.381. The number of fused-ring (bicyclic) bond motifs is 1. The second kappa shape index (κ2) is 10.5. The van der Waals surface area contributed by atoms with E-state index in [9.17, 15) is 0 Å². The lowest BCUT2D eigenvalue weighted by atomic mass is 10.1. The molecule has 1 aliphatic rings. The van der Waals surface area contributed by atoms with Crippen LogP contribution in [0.15, 0.2) is 53.5 Å². The Labute approximate surface area is 173 Å². The Kier molecular flexibility index (Phi) is 8.38. The number of nitrogens with two attached hydrogens (primary N) is 1. The largest absolute Gasteiger partial charge is 0.374 e. The first-order chi connectivity index (χ1) is 12.2. The molecule has 0 heterocycles. The van der Waals surface area contributed by atoms with Crippen molar-refractivity contribution in [1.82, 2.24) is 0 Å². The Hall–Kier alpha value is -1.60. The molecule has 4 nitrogen and oxygen atoms in total. The number of halogens is 1. The standard InChI is InChI=1S/C21H27N3O.HI/c1-16(17-7-3-2-4-8-17)25-14-6-13-23-21(22)24-20-12-11-18-9-5-10-19(18)15-20;/h2-4,7-8,11-12,15-16H,5-6,9-10,13-14H2,1H3,(H3,22,23,24);1H. The molecule has 3 rings (SSSR count). The average Bonchev–Trinajstić information content (AvgIpc) is 3.09. The number of guanidine groups is 1. The Morgan fingerprint density at radius 1 is 1.15 bits per heavy atom. The van der Waals surface area contributed by atoms with Gasteiger partial charge in [-0.25, -0.2) is 0 Å². The summed E-state index contributed by atoms with van der Waals surface area (Å²) in [4.78, 5) is 4.39. The topological polar surface area (TPSA) is 59.6 Å². The number of hydrogen-bond acceptors (Lipinski definition) is 2. The van der Waals surface area contributed by atoms with Gasteiger partial charge in [-0.15, -0.1) is 24.0 Å². The van der Waals surface area contributed by atoms with Crippen LogP contribution in [0.4, 0.5) is 5.69 Å². The van der Waals surface area contributed by atoms with E-state index in [1.807, 2.05) is 18.2 Å². The number of benzene rings is 2. The fourth-order valence-electron chi connectivity index (χ4n) is 3.18. The van der Waals surface area contributed by atoms with Gasteiger partial charge in [0.05, 0.1) is 6.10 Å². The van der Waals surface area contributed by atoms with E-state index in [1.54, 1.807) is 0 Å². The van der Waals surface area contributed by atoms with Crippen LogP contribution in [0.25, 0.3) is 0 Å². The van der Waals surface area contributed by atoms with Gasteiger partial charge in [0.2, 0.25) is 0 Å². The van der Waals surface area contributed by atoms with E-state index in [2.05, 4.69) is 47.6 Å². The Morgan fingerprint density at radius 2 is 1.92 bits per heavy atom. The van der Waals surface area contributed by atoms with E-state index in [4.69, 9.17) is 10.5 Å². The molecular formula is C21H28IN3O. The van der Waals surface area contributed by atoms with Crippen molar-refractivity contribution in [3.8, 4) is 0 Å². The van der Waals surface area contributed by atoms with Crippen molar-refractivity contribution < 1.29 is 4.74 Å². The summed E-state index contributed by atoms with van der Waals surface area (Å²) in [5.41, 5.74) is 11.1. The molecular weight excluding hydrogens is 437 g/mol. The van der Waals surface area contributed by atoms with Crippen molar-refractivity contribution in [1.29, 1.82) is 0 Å². The molecule has 0 radical (unpaired) electrons. The van der Waals surface area contributed by atoms with Gasteiger partial charge in [-0.05, 0) is 61.4 Å². The summed E-state index contributed by atoms with van der Waals surface area (Å²) in [6, 6.07) is 16.7. The lowest BCUT2D eigenvalue weighted by molar-refractivity contribution is 0.0652. The second-order valence-electron chi connectivity index (χ2n) is 6.51. The highest BCUT2D eigenvalue weighted by Gasteiger charge is 2.10. The number of ether oxygens (including phenoxy) is 1. The molecule has 0 fully saturated rings. The Bertz CT molecular complexity index is 718. The third kappa shape index (κ3) is 5.99. The first-order valence-electron chi connectivity index (χ1n) is 9.07. The number of rotatable bonds is 7. The molecule has 0 spiro atoms. The average molecular weight is 465 g/mol. The molecule has 0 aliphatic heterocycles. The third-order valence-corrected chi connectivity index (χ3v) is 4.59. The maximum absolute atomic E-state index is 5.98. The zero-order valence-electron chi connectivity index (χ0n) is 15.3. The fourth-order valence-corrected chi connectivity index (χ4v) is 3.18. The highest BCUT2D eigenvalue weighted by atomic mass is 127. The van der Waals surface area contributed by atoms with Gasteiger partial charge in [-0.2, -0.15) is 0 Å². The van der Waals surface area contributed by atoms with Crippen molar-refractivity contribution in [3.05, 3.63) is 65.2 Å². The molecule has 2 aromatic carbocycles. The molecule has 0 bridgehead atoms. The van der Waals surface area contributed by atoms with Crippen LogP contribution >= 0.6 is 24.0 Å². The highest BCUT2D eigenvalue weighted by molar-refractivity contribution is 14.0. The van der Waals surface area contributed by atoms with Crippen LogP contribution in [0.2, 0.25) is 0 Å². The molecule has 0 saturated heterocycles. The van der Waals surface area contributed by atoms with Crippen LogP contribution < -0.4 is 11.1 Å². The summed E-state index contributed by atoms with van der Waals surface area (Å²) in [6.07, 6.45) is 4.57. The third-order valence-electron chi connectivity index (χ3n) is 4.59. The molecule has 26 heavy (non-hydrogen) atoms. The SMILES string of the molecule is CC(OCCCN=C(N)Nc1ccc2c(c1)CCC2)c1ccccc1.I. The molecule has 140 valence electrons. The molecule has 1 aliphatic carbocycles. The van der Waals surface area contributed by atoms with Gasteiger partial charge >= 0.3 is 0 Å². The molecule has 1 atom stereocenters. The predicted molar refractivity (Wildman–Crippen MR) is 119 cm³/mol. The number of hydrogen-bond donors (Lipinski definition) is 2. The second-order valence-corrected chi connectivity index (χ2v) is 6.51. The number of nitrogens with zero attached hydrogens (tertiary/aromatic N) is 1. The number of anilines is 1. The van der Waals surface area contributed by atoms with Gasteiger partial charge in [0, 0.05) is 18.8 Å². The summed E-state index contributed by atoms with van der Waals surface area (Å²) in [7, 11) is 0. The zero-order chi connectivity index (χ0) is 17.5. The van der Waals surface area contributed by atoms with E-state index in [-0.39, 0.29) is 30.1 Å². The molecule has 0 aromatic heterocycles. The molecule has 5 heteroatoms. The molecule has 1 unspecified atom stereocenters. The first-order valence-corrected chi connectivity index (χ1v) is 9.07. The summed E-state index contributed by atoms with van der Waals surface area (Å²) in [5.74, 6) is 0.467. The summed E-state index contributed by atoms with van der Waals surface area (Å²) in [5, 5.41) is 3.18. The van der Waals surface area contributed by atoms with E-state index in [0.717, 1.165) is 12.1 Å². The van der Waals surface area contributed by atoms with Crippen molar-refractivity contribution in [3.63, 3.8) is 0 Å². The highest BCUT2D eigenvalue weighted by Crippen LogP contribution is 2.24. The molecule has 0 saturated carbocycles. The minimum atomic E-state index is 0. The van der Waals surface area contributed by atoms with Crippen LogP contribution in [0, 0.1) is 0 Å². The molecule has 2 aromatic rings. The zero-order valence-corrected chi connectivity index (χ0v) is 17.6. The van der Waals surface area contributed by atoms with Crippen molar-refractivity contribution >= 4 is 35.6 Å². The normalized spacial score (nSPS) is 14.4. The smallest absolute Gasteiger partial charge is 0.193 e. The lowest BCUT2D eigenvalue weighted by Gasteiger charge is -2.13. The van der Waals surface area contributed by atoms with Gasteiger partial charge in [0.15, 0.2) is 5.96 Å². The van der Waals surface area contributed by atoms with Crippen LogP contribution in [0.3, 0.4) is 0 Å². The van der Waals surface area contributed by atoms with E-state index in [1.165, 1.54) is 36.0 Å². The van der Waals surface area contributed by atoms with Gasteiger partial charge in [0.1, 0.15) is 0 Å². The predicted octanol–water partition coefficient (Wildman–Crippen LogP) is 4.69. The van der Waals surface area contributed by atoms with Gasteiger partial charge in [-0.3, -0.25) is 4.99 Å². The Morgan fingerprint density at radius 3 is 2.73 bits per heavy atom. The maximum atomic E-state index is 5.98. The van der Waals surface area contributed by atoms with E-state index >= 15 is 0 Å². The van der Waals surface area contributed by atoms with Crippen LogP contribution in [-0.4, -0.2) is 19.1 Å². The summed E-state index contributed by atoms with van der Waals surface area (Å²) < 4.78 is 5.85. The first kappa shape index (κ1) is 20.7. The summed E-state index contributed by atoms with van der Waals surface area (Å²) in [6.45, 7) is 3.40. The molecule has 3 N–H and O–H groups in total. The summed E-state index contributed by atoms with van der Waals surface area (Å²) >= 11 is 0. The van der Waals surface area contributed by atoms with Gasteiger partial charge < -0.3 is 15.8 Å². The van der Waals surface area contributed by atoms with Crippen molar-refractivity contribution in [2.45, 2.75) is 38.7 Å². The monoisotopic (exact) mass is 465 g/mol. The maximum Gasteiger partial charge on any atom is 0.193 e. The molecule has 0 amide bonds. The van der Waals surface area contributed by atoms with Gasteiger partial charge in [-0.1, -0.05) is 36.4 Å². The van der Waals surface area contributed by atoms with E-state index < -0.39 is 0 Å². The van der Waals surface area contributed by atoms with Crippen molar-refractivity contribution in [2.24, 2.45) is 10.7 Å². The van der Waals surface area contributed by atoms with Crippen LogP contribution in [-0.2, 0) is 17.6 Å². The van der Waals surface area contributed by atoms with E-state index in [0.29, 0.717) is 19.1 Å². The van der Waals surface area contributed by atoms with Crippen LogP contribution in [0.1, 0.15) is 42.6 Å². The Balaban J connectivity index is 0.00000243. The van der Waals surface area contributed by atoms with Gasteiger partial charge in [0.25, 0.3) is 0 Å². The number of aryl methyl sites for hydroxylation is 2. The number of aliphatic imine (C=N–C) groups is 1. The lowest BCUT2D eigenvalue weighted by Crippen LogP contribution is -2.23. The quantitative estimate of drug-likeness (QED) is 0.270.